The fraction of sp³-hybridized carbons (Fsp3) is 0.867. The second-order valence-corrected chi connectivity index (χ2v) is 4.54. The summed E-state index contributed by atoms with van der Waals surface area (Å²) in [5.41, 5.74) is 0. The molecule has 0 bridgehead atoms. The van der Waals surface area contributed by atoms with E-state index in [0.717, 1.165) is 6.42 Å². The molecule has 1 heterocycles. The highest BCUT2D eigenvalue weighted by atomic mass is 16.6. The lowest BCUT2D eigenvalue weighted by Crippen LogP contribution is -2.23. The summed E-state index contributed by atoms with van der Waals surface area (Å²) in [5, 5.41) is 0. The molecule has 1 atom stereocenters. The Balaban J connectivity index is 2.19. The van der Waals surface area contributed by atoms with Gasteiger partial charge >= 0.3 is 0 Å². The average Bonchev–Trinajstić information content (AvgIpc) is 2.49. The van der Waals surface area contributed by atoms with Gasteiger partial charge in [0.05, 0.1) is 78.8 Å². The van der Waals surface area contributed by atoms with Crippen LogP contribution in [-0.2, 0) is 28.4 Å². The van der Waals surface area contributed by atoms with Crippen LogP contribution in [0.3, 0.4) is 0 Å². The molecule has 0 N–H and O–H groups in total. The Morgan fingerprint density at radius 2 is 1.10 bits per heavy atom. The van der Waals surface area contributed by atoms with Gasteiger partial charge in [-0.1, -0.05) is 6.08 Å². The van der Waals surface area contributed by atoms with Gasteiger partial charge in [-0.05, 0) is 6.42 Å². The van der Waals surface area contributed by atoms with Gasteiger partial charge in [-0.2, -0.15) is 0 Å². The third-order valence-electron chi connectivity index (χ3n) is 2.80. The summed E-state index contributed by atoms with van der Waals surface area (Å²) in [7, 11) is 0. The molecule has 6 nitrogen and oxygen atoms in total. The van der Waals surface area contributed by atoms with E-state index in [1.54, 1.807) is 0 Å². The first kappa shape index (κ1) is 18.5. The molecule has 0 aliphatic carbocycles. The first-order valence-electron chi connectivity index (χ1n) is 7.54. The van der Waals surface area contributed by atoms with Crippen molar-refractivity contribution in [2.24, 2.45) is 0 Å². The maximum atomic E-state index is 5.71. The number of hydrogen-bond donors (Lipinski definition) is 0. The highest BCUT2D eigenvalue weighted by Gasteiger charge is 2.07. The Bertz CT molecular complexity index is 218. The maximum Gasteiger partial charge on any atom is 0.0843 e. The molecule has 1 aliphatic heterocycles. The summed E-state index contributed by atoms with van der Waals surface area (Å²) in [4.78, 5) is 0. The molecule has 1 aliphatic rings. The smallest absolute Gasteiger partial charge is 0.0843 e. The fourth-order valence-electron chi connectivity index (χ4n) is 1.74. The van der Waals surface area contributed by atoms with Crippen LogP contribution in [-0.4, -0.2) is 78.8 Å². The van der Waals surface area contributed by atoms with Gasteiger partial charge in [0.2, 0.25) is 0 Å². The summed E-state index contributed by atoms with van der Waals surface area (Å²) in [5.74, 6) is 0. The maximum absolute atomic E-state index is 5.71. The lowest BCUT2D eigenvalue weighted by Gasteiger charge is -2.17. The van der Waals surface area contributed by atoms with Crippen molar-refractivity contribution in [2.45, 2.75) is 12.5 Å². The first-order chi connectivity index (χ1) is 10.4. The van der Waals surface area contributed by atoms with Crippen LogP contribution >= 0.6 is 0 Å². The molecule has 0 aromatic heterocycles. The first-order valence-corrected chi connectivity index (χ1v) is 7.54. The highest BCUT2D eigenvalue weighted by molar-refractivity contribution is 4.73. The van der Waals surface area contributed by atoms with Crippen molar-refractivity contribution in [3.05, 3.63) is 12.7 Å². The van der Waals surface area contributed by atoms with Gasteiger partial charge in [-0.15, -0.1) is 6.58 Å². The predicted molar refractivity (Wildman–Crippen MR) is 78.6 cm³/mol. The molecule has 0 aromatic rings. The van der Waals surface area contributed by atoms with E-state index in [2.05, 4.69) is 6.58 Å². The standard InChI is InChI=1S/C15H28O6/c1-2-3-15-14-20-11-10-18-7-6-16-4-5-17-8-9-19-12-13-21-15/h2,15H,1,3-14H2. The van der Waals surface area contributed by atoms with Crippen LogP contribution in [0, 0.1) is 0 Å². The molecule has 0 aromatic carbocycles. The third kappa shape index (κ3) is 11.8. The van der Waals surface area contributed by atoms with Crippen molar-refractivity contribution in [3.63, 3.8) is 0 Å². The summed E-state index contributed by atoms with van der Waals surface area (Å²) in [6.45, 7) is 9.90. The largest absolute Gasteiger partial charge is 0.377 e. The van der Waals surface area contributed by atoms with Crippen LogP contribution in [0.5, 0.6) is 0 Å². The predicted octanol–water partition coefficient (Wildman–Crippen LogP) is 1.04. The highest BCUT2D eigenvalue weighted by Crippen LogP contribution is 2.01. The van der Waals surface area contributed by atoms with Crippen molar-refractivity contribution >= 4 is 0 Å². The molecule has 124 valence electrons. The molecule has 0 amide bonds. The topological polar surface area (TPSA) is 55.4 Å². The number of hydrogen-bond acceptors (Lipinski definition) is 6. The van der Waals surface area contributed by atoms with E-state index in [-0.39, 0.29) is 6.10 Å². The van der Waals surface area contributed by atoms with Crippen molar-refractivity contribution in [1.29, 1.82) is 0 Å². The Hall–Kier alpha value is -0.500. The normalized spacial score (nSPS) is 25.6. The zero-order valence-electron chi connectivity index (χ0n) is 12.8. The zero-order valence-corrected chi connectivity index (χ0v) is 12.8. The van der Waals surface area contributed by atoms with Crippen LogP contribution in [0.2, 0.25) is 0 Å². The quantitative estimate of drug-likeness (QED) is 0.711. The molecule has 1 saturated heterocycles. The van der Waals surface area contributed by atoms with Crippen LogP contribution < -0.4 is 0 Å². The van der Waals surface area contributed by atoms with Crippen molar-refractivity contribution in [1.82, 2.24) is 0 Å². The second kappa shape index (κ2) is 14.4. The molecule has 6 heteroatoms. The van der Waals surface area contributed by atoms with E-state index in [9.17, 15) is 0 Å². The Kier molecular flexibility index (Phi) is 12.8. The summed E-state index contributed by atoms with van der Waals surface area (Å²) < 4.78 is 32.8. The molecule has 21 heavy (non-hydrogen) atoms. The van der Waals surface area contributed by atoms with E-state index in [1.807, 2.05) is 6.08 Å². The molecule has 0 spiro atoms. The summed E-state index contributed by atoms with van der Waals surface area (Å²) in [6, 6.07) is 0. The molecule has 1 unspecified atom stereocenters. The average molecular weight is 304 g/mol. The number of rotatable bonds is 2. The van der Waals surface area contributed by atoms with Gasteiger partial charge in [-0.25, -0.2) is 0 Å². The Morgan fingerprint density at radius 1 is 0.667 bits per heavy atom. The van der Waals surface area contributed by atoms with Gasteiger partial charge < -0.3 is 28.4 Å². The summed E-state index contributed by atoms with van der Waals surface area (Å²) in [6.07, 6.45) is 2.62. The molecule has 0 saturated carbocycles. The SMILES string of the molecule is C=CCC1COCCOCCOCCOCCOCCO1. The van der Waals surface area contributed by atoms with Gasteiger partial charge in [0.25, 0.3) is 0 Å². The molecule has 1 rings (SSSR count). The summed E-state index contributed by atoms with van der Waals surface area (Å²) >= 11 is 0. The Morgan fingerprint density at radius 3 is 1.57 bits per heavy atom. The van der Waals surface area contributed by atoms with Crippen LogP contribution in [0.1, 0.15) is 6.42 Å². The zero-order chi connectivity index (χ0) is 15.0. The van der Waals surface area contributed by atoms with Crippen LogP contribution in [0.4, 0.5) is 0 Å². The van der Waals surface area contributed by atoms with Crippen molar-refractivity contribution in [2.75, 3.05) is 72.7 Å². The van der Waals surface area contributed by atoms with Gasteiger partial charge in [-0.3, -0.25) is 0 Å². The lowest BCUT2D eigenvalue weighted by molar-refractivity contribution is -0.0592. The fourth-order valence-corrected chi connectivity index (χ4v) is 1.74. The minimum absolute atomic E-state index is 0.0181. The van der Waals surface area contributed by atoms with Gasteiger partial charge in [0.15, 0.2) is 0 Å². The van der Waals surface area contributed by atoms with Crippen molar-refractivity contribution in [3.8, 4) is 0 Å². The van der Waals surface area contributed by atoms with E-state index >= 15 is 0 Å². The molecular formula is C15H28O6. The minimum atomic E-state index is 0.0181. The van der Waals surface area contributed by atoms with Crippen LogP contribution in [0.15, 0.2) is 12.7 Å². The van der Waals surface area contributed by atoms with Crippen LogP contribution in [0.25, 0.3) is 0 Å². The van der Waals surface area contributed by atoms with Gasteiger partial charge in [0, 0.05) is 0 Å². The monoisotopic (exact) mass is 304 g/mol. The van der Waals surface area contributed by atoms with Crippen molar-refractivity contribution < 1.29 is 28.4 Å². The minimum Gasteiger partial charge on any atom is -0.377 e. The molecular weight excluding hydrogens is 276 g/mol. The van der Waals surface area contributed by atoms with E-state index < -0.39 is 0 Å². The van der Waals surface area contributed by atoms with E-state index in [4.69, 9.17) is 28.4 Å². The second-order valence-electron chi connectivity index (χ2n) is 4.54. The Labute approximate surface area is 127 Å². The van der Waals surface area contributed by atoms with Gasteiger partial charge in [0.1, 0.15) is 0 Å². The lowest BCUT2D eigenvalue weighted by atomic mass is 10.2. The number of ether oxygens (including phenoxy) is 6. The van der Waals surface area contributed by atoms with E-state index in [1.165, 1.54) is 0 Å². The third-order valence-corrected chi connectivity index (χ3v) is 2.80. The molecule has 1 fully saturated rings. The van der Waals surface area contributed by atoms with E-state index in [0.29, 0.717) is 72.7 Å². The molecule has 0 radical (unpaired) electrons.